The highest BCUT2D eigenvalue weighted by atomic mass is 16.5. The Morgan fingerprint density at radius 1 is 1.35 bits per heavy atom. The molecule has 9 heteroatoms. The van der Waals surface area contributed by atoms with Crippen molar-refractivity contribution in [3.05, 3.63) is 36.2 Å². The van der Waals surface area contributed by atoms with E-state index in [9.17, 15) is 9.59 Å². The Bertz CT molecular complexity index is 685. The van der Waals surface area contributed by atoms with Crippen molar-refractivity contribution < 1.29 is 24.2 Å². The largest absolute Gasteiger partial charge is 0.491 e. The third-order valence-corrected chi connectivity index (χ3v) is 2.74. The van der Waals surface area contributed by atoms with Gasteiger partial charge in [0.05, 0.1) is 12.8 Å². The SMILES string of the molecule is COCCOc1cccc(NC(=O)Cn2cc(C(=O)O)nn2)c1. The molecule has 0 radical (unpaired) electrons. The monoisotopic (exact) mass is 320 g/mol. The lowest BCUT2D eigenvalue weighted by atomic mass is 10.3. The highest BCUT2D eigenvalue weighted by molar-refractivity contribution is 5.91. The van der Waals surface area contributed by atoms with E-state index < -0.39 is 5.97 Å². The number of carbonyl (C=O) groups excluding carboxylic acids is 1. The second-order valence-electron chi connectivity index (χ2n) is 4.52. The number of hydrogen-bond acceptors (Lipinski definition) is 6. The maximum Gasteiger partial charge on any atom is 0.358 e. The van der Waals surface area contributed by atoms with Gasteiger partial charge in [-0.25, -0.2) is 9.48 Å². The molecule has 122 valence electrons. The summed E-state index contributed by atoms with van der Waals surface area (Å²) in [6.07, 6.45) is 1.19. The zero-order chi connectivity index (χ0) is 16.7. The van der Waals surface area contributed by atoms with Crippen molar-refractivity contribution in [2.75, 3.05) is 25.6 Å². The number of carboxylic acids is 1. The summed E-state index contributed by atoms with van der Waals surface area (Å²) in [5, 5.41) is 18.4. The first-order valence-corrected chi connectivity index (χ1v) is 6.73. The highest BCUT2D eigenvalue weighted by Gasteiger charge is 2.11. The fourth-order valence-electron chi connectivity index (χ4n) is 1.73. The van der Waals surface area contributed by atoms with Crippen LogP contribution in [0.3, 0.4) is 0 Å². The second kappa shape index (κ2) is 7.90. The molecule has 0 aliphatic carbocycles. The quantitative estimate of drug-likeness (QED) is 0.686. The number of aromatic carboxylic acids is 1. The van der Waals surface area contributed by atoms with Crippen LogP contribution < -0.4 is 10.1 Å². The fourth-order valence-corrected chi connectivity index (χ4v) is 1.73. The summed E-state index contributed by atoms with van der Waals surface area (Å²) in [5.41, 5.74) is 0.342. The van der Waals surface area contributed by atoms with Crippen molar-refractivity contribution in [1.29, 1.82) is 0 Å². The number of aromatic nitrogens is 3. The summed E-state index contributed by atoms with van der Waals surface area (Å²) >= 11 is 0. The van der Waals surface area contributed by atoms with E-state index in [2.05, 4.69) is 15.6 Å². The average Bonchev–Trinajstić information content (AvgIpc) is 2.96. The van der Waals surface area contributed by atoms with Crippen molar-refractivity contribution in [2.24, 2.45) is 0 Å². The Morgan fingerprint density at radius 2 is 2.17 bits per heavy atom. The van der Waals surface area contributed by atoms with Crippen LogP contribution in [0.15, 0.2) is 30.5 Å². The average molecular weight is 320 g/mol. The molecule has 1 aromatic heterocycles. The molecule has 2 aromatic rings. The van der Waals surface area contributed by atoms with Crippen LogP contribution >= 0.6 is 0 Å². The number of rotatable bonds is 8. The summed E-state index contributed by atoms with van der Waals surface area (Å²) in [6, 6.07) is 6.90. The molecule has 0 unspecified atom stereocenters. The summed E-state index contributed by atoms with van der Waals surface area (Å²) in [7, 11) is 1.58. The van der Waals surface area contributed by atoms with Crippen LogP contribution in [0.4, 0.5) is 5.69 Å². The Kier molecular flexibility index (Phi) is 5.64. The lowest BCUT2D eigenvalue weighted by Crippen LogP contribution is -2.19. The number of anilines is 1. The molecule has 23 heavy (non-hydrogen) atoms. The maximum absolute atomic E-state index is 11.9. The number of methoxy groups -OCH3 is 1. The van der Waals surface area contributed by atoms with Gasteiger partial charge in [-0.05, 0) is 12.1 Å². The summed E-state index contributed by atoms with van der Waals surface area (Å²) in [6.45, 7) is 0.731. The summed E-state index contributed by atoms with van der Waals surface area (Å²) in [4.78, 5) is 22.6. The molecular formula is C14H16N4O5. The van der Waals surface area contributed by atoms with Gasteiger partial charge >= 0.3 is 5.97 Å². The Morgan fingerprint density at radius 3 is 2.87 bits per heavy atom. The lowest BCUT2D eigenvalue weighted by Gasteiger charge is -2.08. The molecule has 0 fully saturated rings. The van der Waals surface area contributed by atoms with E-state index in [-0.39, 0.29) is 18.1 Å². The topological polar surface area (TPSA) is 116 Å². The predicted molar refractivity (Wildman–Crippen MR) is 79.4 cm³/mol. The number of nitrogens with zero attached hydrogens (tertiary/aromatic N) is 3. The van der Waals surface area contributed by atoms with E-state index in [1.165, 1.54) is 6.20 Å². The van der Waals surface area contributed by atoms with Crippen molar-refractivity contribution in [3.8, 4) is 5.75 Å². The first kappa shape index (κ1) is 16.4. The molecule has 0 spiro atoms. The molecule has 0 saturated heterocycles. The molecule has 9 nitrogen and oxygen atoms in total. The molecule has 0 saturated carbocycles. The second-order valence-corrected chi connectivity index (χ2v) is 4.52. The minimum absolute atomic E-state index is 0.144. The smallest absolute Gasteiger partial charge is 0.358 e. The van der Waals surface area contributed by atoms with Gasteiger partial charge in [0.1, 0.15) is 18.9 Å². The van der Waals surface area contributed by atoms with Crippen molar-refractivity contribution in [1.82, 2.24) is 15.0 Å². The number of benzene rings is 1. The van der Waals surface area contributed by atoms with E-state index in [0.717, 1.165) is 4.68 Å². The maximum atomic E-state index is 11.9. The van der Waals surface area contributed by atoms with Crippen LogP contribution in [-0.4, -0.2) is 52.3 Å². The standard InChI is InChI=1S/C14H16N4O5/c1-22-5-6-23-11-4-2-3-10(7-11)15-13(19)9-18-8-12(14(20)21)16-17-18/h2-4,7-8H,5-6,9H2,1H3,(H,15,19)(H,20,21). The van der Waals surface area contributed by atoms with Gasteiger partial charge in [0, 0.05) is 18.9 Å². The molecule has 0 aliphatic heterocycles. The summed E-state index contributed by atoms with van der Waals surface area (Å²) < 4.78 is 11.5. The van der Waals surface area contributed by atoms with E-state index in [0.29, 0.717) is 24.7 Å². The number of carbonyl (C=O) groups is 2. The minimum atomic E-state index is -1.20. The number of hydrogen-bond donors (Lipinski definition) is 2. The van der Waals surface area contributed by atoms with Gasteiger partial charge in [-0.2, -0.15) is 0 Å². The Labute approximate surface area is 131 Å². The van der Waals surface area contributed by atoms with Gasteiger partial charge in [0.15, 0.2) is 5.69 Å². The third-order valence-electron chi connectivity index (χ3n) is 2.74. The fraction of sp³-hybridized carbons (Fsp3) is 0.286. The Balaban J connectivity index is 1.91. The highest BCUT2D eigenvalue weighted by Crippen LogP contribution is 2.17. The van der Waals surface area contributed by atoms with Gasteiger partial charge in [-0.3, -0.25) is 4.79 Å². The molecule has 0 bridgehead atoms. The molecule has 1 aromatic carbocycles. The molecule has 2 N–H and O–H groups in total. The molecule has 1 heterocycles. The van der Waals surface area contributed by atoms with Gasteiger partial charge in [0.2, 0.25) is 5.91 Å². The minimum Gasteiger partial charge on any atom is -0.491 e. The van der Waals surface area contributed by atoms with Crippen LogP contribution in [-0.2, 0) is 16.1 Å². The molecule has 0 aliphatic rings. The van der Waals surface area contributed by atoms with Crippen LogP contribution in [0, 0.1) is 0 Å². The van der Waals surface area contributed by atoms with E-state index >= 15 is 0 Å². The van der Waals surface area contributed by atoms with Gasteiger partial charge in [-0.15, -0.1) is 5.10 Å². The van der Waals surface area contributed by atoms with Gasteiger partial charge < -0.3 is 19.9 Å². The van der Waals surface area contributed by atoms with Gasteiger partial charge in [0.25, 0.3) is 0 Å². The van der Waals surface area contributed by atoms with Crippen LogP contribution in [0.2, 0.25) is 0 Å². The molecule has 2 rings (SSSR count). The normalized spacial score (nSPS) is 10.3. The summed E-state index contributed by atoms with van der Waals surface area (Å²) in [5.74, 6) is -0.952. The molecule has 1 amide bonds. The zero-order valence-corrected chi connectivity index (χ0v) is 12.4. The van der Waals surface area contributed by atoms with Crippen LogP contribution in [0.1, 0.15) is 10.5 Å². The predicted octanol–water partition coefficient (Wildman–Crippen LogP) is 0.640. The van der Waals surface area contributed by atoms with Crippen molar-refractivity contribution in [2.45, 2.75) is 6.54 Å². The third kappa shape index (κ3) is 5.08. The van der Waals surface area contributed by atoms with Gasteiger partial charge in [-0.1, -0.05) is 11.3 Å². The van der Waals surface area contributed by atoms with Crippen molar-refractivity contribution >= 4 is 17.6 Å². The number of carboxylic acid groups (broad SMARTS) is 1. The van der Waals surface area contributed by atoms with Crippen LogP contribution in [0.5, 0.6) is 5.75 Å². The Hall–Kier alpha value is -2.94. The number of amides is 1. The number of nitrogens with one attached hydrogen (secondary N) is 1. The first-order valence-electron chi connectivity index (χ1n) is 6.73. The molecular weight excluding hydrogens is 304 g/mol. The van der Waals surface area contributed by atoms with E-state index in [1.54, 1.807) is 31.4 Å². The van der Waals surface area contributed by atoms with E-state index in [1.807, 2.05) is 0 Å². The van der Waals surface area contributed by atoms with Crippen molar-refractivity contribution in [3.63, 3.8) is 0 Å². The van der Waals surface area contributed by atoms with E-state index in [4.69, 9.17) is 14.6 Å². The lowest BCUT2D eigenvalue weighted by molar-refractivity contribution is -0.116. The molecule has 0 atom stereocenters. The first-order chi connectivity index (χ1) is 11.1. The zero-order valence-electron chi connectivity index (χ0n) is 12.4. The number of ether oxygens (including phenoxy) is 2. The van der Waals surface area contributed by atoms with Crippen LogP contribution in [0.25, 0.3) is 0 Å².